The third-order valence-electron chi connectivity index (χ3n) is 3.13. The zero-order chi connectivity index (χ0) is 27.7. The molecule has 11 nitrogen and oxygen atoms in total. The van der Waals surface area contributed by atoms with Crippen molar-refractivity contribution in [2.45, 2.75) is 32.7 Å². The van der Waals surface area contributed by atoms with E-state index in [0.29, 0.717) is 18.0 Å². The van der Waals surface area contributed by atoms with Gasteiger partial charge >= 0.3 is 15.6 Å². The van der Waals surface area contributed by atoms with Crippen molar-refractivity contribution in [3.05, 3.63) is 35.5 Å². The van der Waals surface area contributed by atoms with Gasteiger partial charge in [-0.25, -0.2) is 9.13 Å². The molecule has 1 aromatic carbocycles. The molecule has 1 unspecified atom stereocenters. The maximum atomic E-state index is 8.88. The fourth-order valence-electron chi connectivity index (χ4n) is 2.14. The zero-order valence-corrected chi connectivity index (χ0v) is 18.3. The molecule has 0 bridgehead atoms. The van der Waals surface area contributed by atoms with E-state index in [9.17, 15) is 0 Å². The van der Waals surface area contributed by atoms with Gasteiger partial charge in [0, 0.05) is 35.2 Å². The second-order valence-electron chi connectivity index (χ2n) is 5.79. The summed E-state index contributed by atoms with van der Waals surface area (Å²) in [5.74, 6) is 0. The topological polar surface area (TPSA) is 192 Å². The largest absolute Gasteiger partial charge is 0.466 e. The first-order valence-corrected chi connectivity index (χ1v) is 11.7. The lowest BCUT2D eigenvalue weighted by molar-refractivity contribution is 0.272. The minimum absolute atomic E-state index is 0.140. The summed E-state index contributed by atoms with van der Waals surface area (Å²) >= 11 is 5.99. The lowest BCUT2D eigenvalue weighted by Gasteiger charge is -2.16. The normalized spacial score (nSPS) is 15.7. The molecule has 2 rings (SSSR count). The van der Waals surface area contributed by atoms with Crippen molar-refractivity contribution < 1.29 is 45.3 Å². The molecule has 8 N–H and O–H groups in total. The molecule has 30 heavy (non-hydrogen) atoms. The van der Waals surface area contributed by atoms with Crippen molar-refractivity contribution in [1.29, 1.82) is 0 Å². The Hall–Kier alpha value is -1.10. The summed E-state index contributed by atoms with van der Waals surface area (Å²) in [5.41, 5.74) is 1.78. The summed E-state index contributed by atoms with van der Waals surface area (Å²) in [6.45, 7) is -2.72. The van der Waals surface area contributed by atoms with Crippen molar-refractivity contribution in [1.82, 2.24) is 10.3 Å². The highest BCUT2D eigenvalue weighted by atomic mass is 35.5. The molecule has 14 heteroatoms. The summed E-state index contributed by atoms with van der Waals surface area (Å²) in [6.07, 6.45) is 3.14. The molecule has 0 fully saturated rings. The number of anilines is 1. The Bertz CT molecular complexity index is 1000. The third-order valence-corrected chi connectivity index (χ3v) is 3.37. The Kier molecular flexibility index (Phi) is 9.74. The highest BCUT2D eigenvalue weighted by molar-refractivity contribution is 7.45. The average Bonchev–Trinajstić information content (AvgIpc) is 2.61. The number of aromatic nitrogens is 1. The molecule has 2 aromatic rings. The number of benzene rings is 1. The van der Waals surface area contributed by atoms with E-state index in [0.717, 1.165) is 23.0 Å². The molecule has 172 valence electrons. The number of phosphoric acid groups is 2. The molecule has 1 aromatic heterocycles. The number of rotatable bonds is 7. The van der Waals surface area contributed by atoms with Gasteiger partial charge in [0.15, 0.2) is 0 Å². The van der Waals surface area contributed by atoms with Crippen molar-refractivity contribution in [2.24, 2.45) is 0 Å². The second-order valence-corrected chi connectivity index (χ2v) is 8.28. The first kappa shape index (κ1) is 20.8. The van der Waals surface area contributed by atoms with Crippen molar-refractivity contribution >= 4 is 43.8 Å². The summed E-state index contributed by atoms with van der Waals surface area (Å²) < 4.78 is 54.3. The van der Waals surface area contributed by atoms with Gasteiger partial charge in [-0.2, -0.15) is 0 Å². The van der Waals surface area contributed by atoms with Crippen LogP contribution in [0.25, 0.3) is 10.9 Å². The van der Waals surface area contributed by atoms with Crippen LogP contribution >= 0.6 is 27.2 Å². The third kappa shape index (κ3) is 17.7. The van der Waals surface area contributed by atoms with Crippen molar-refractivity contribution in [3.8, 4) is 0 Å². The number of nitrogens with zero attached hydrogens (tertiary/aromatic N) is 1. The molecule has 1 atom stereocenters. The van der Waals surface area contributed by atoms with Crippen LogP contribution in [0.3, 0.4) is 0 Å². The van der Waals surface area contributed by atoms with Gasteiger partial charge in [-0.05, 0) is 57.1 Å². The maximum Gasteiger partial charge on any atom is 0.466 e. The molecule has 0 aliphatic heterocycles. The van der Waals surface area contributed by atoms with E-state index in [1.54, 1.807) is 6.20 Å². The van der Waals surface area contributed by atoms with E-state index in [1.807, 2.05) is 31.2 Å². The minimum Gasteiger partial charge on any atom is -0.382 e. The Morgan fingerprint density at radius 1 is 1.17 bits per heavy atom. The van der Waals surface area contributed by atoms with Gasteiger partial charge in [-0.3, -0.25) is 4.98 Å². The van der Waals surface area contributed by atoms with E-state index in [4.69, 9.17) is 56.9 Å². The molecule has 0 spiro atoms. The summed E-state index contributed by atoms with van der Waals surface area (Å²) in [5, 5.41) is 7.51. The second kappa shape index (κ2) is 14.1. The number of pyridine rings is 1. The SMILES string of the molecule is O=P(O)(O)O.O=P(O)(O)O.[2H]C([2H])([2H])C([2H])([2H])NCCCC(C)Nc1ccnc2cc(Cl)ccc12. The standard InChI is InChI=1S/C16H22ClN3.2H3O4P/c1-3-18-9-4-5-12(2)20-15-8-10-19-16-11-13(17)6-7-14(15)16;2*1-5(2,3)4/h6-8,10-12,18H,3-5,9H2,1-2H3,(H,19,20);2*(H3,1,2,3,4)/i1D3,3D2;;. The van der Waals surface area contributed by atoms with Gasteiger partial charge in [-0.15, -0.1) is 0 Å². The van der Waals surface area contributed by atoms with Crippen LogP contribution < -0.4 is 10.6 Å². The number of halogens is 1. The van der Waals surface area contributed by atoms with Crippen LogP contribution in [0, 0.1) is 0 Å². The Morgan fingerprint density at radius 3 is 2.33 bits per heavy atom. The number of nitrogens with one attached hydrogen (secondary N) is 2. The molecule has 0 aliphatic rings. The van der Waals surface area contributed by atoms with Crippen molar-refractivity contribution in [3.63, 3.8) is 0 Å². The molecule has 1 heterocycles. The van der Waals surface area contributed by atoms with Gasteiger partial charge in [-0.1, -0.05) is 18.5 Å². The summed E-state index contributed by atoms with van der Waals surface area (Å²) in [4.78, 5) is 47.4. The fourth-order valence-corrected chi connectivity index (χ4v) is 2.31. The number of hydrogen-bond acceptors (Lipinski definition) is 5. The van der Waals surface area contributed by atoms with Crippen LogP contribution in [-0.4, -0.2) is 53.4 Å². The molecule has 0 aliphatic carbocycles. The molecule has 0 radical (unpaired) electrons. The average molecular weight is 493 g/mol. The molecule has 0 saturated carbocycles. The Balaban J connectivity index is 0.000000975. The quantitative estimate of drug-likeness (QED) is 0.208. The van der Waals surface area contributed by atoms with Gasteiger partial charge in [0.25, 0.3) is 0 Å². The smallest absolute Gasteiger partial charge is 0.382 e. The van der Waals surface area contributed by atoms with E-state index < -0.39 is 29.0 Å². The van der Waals surface area contributed by atoms with Gasteiger partial charge in [0.2, 0.25) is 0 Å². The van der Waals surface area contributed by atoms with Crippen LogP contribution in [0.1, 0.15) is 33.5 Å². The van der Waals surface area contributed by atoms with Crippen molar-refractivity contribution in [2.75, 3.05) is 18.4 Å². The van der Waals surface area contributed by atoms with E-state index in [1.165, 1.54) is 0 Å². The minimum atomic E-state index is -4.64. The predicted octanol–water partition coefficient (Wildman–Crippen LogP) is 2.22. The first-order valence-electron chi connectivity index (χ1n) is 10.7. The van der Waals surface area contributed by atoms with E-state index in [2.05, 4.69) is 15.6 Å². The van der Waals surface area contributed by atoms with Crippen LogP contribution in [0.5, 0.6) is 0 Å². The molecular weight excluding hydrogens is 460 g/mol. The highest BCUT2D eigenvalue weighted by Crippen LogP contribution is 2.26. The van der Waals surface area contributed by atoms with Crippen LogP contribution in [0.2, 0.25) is 5.02 Å². The van der Waals surface area contributed by atoms with Crippen LogP contribution in [-0.2, 0) is 9.13 Å². The van der Waals surface area contributed by atoms with Crippen LogP contribution in [0.4, 0.5) is 5.69 Å². The van der Waals surface area contributed by atoms with Crippen LogP contribution in [0.15, 0.2) is 30.5 Å². The molecule has 0 amide bonds. The molecule has 0 saturated heterocycles. The van der Waals surface area contributed by atoms with E-state index >= 15 is 0 Å². The lowest BCUT2D eigenvalue weighted by atomic mass is 10.1. The Labute approximate surface area is 186 Å². The first-order chi connectivity index (χ1) is 15.6. The Morgan fingerprint density at radius 2 is 1.77 bits per heavy atom. The lowest BCUT2D eigenvalue weighted by Crippen LogP contribution is -2.19. The summed E-state index contributed by atoms with van der Waals surface area (Å²) in [6, 6.07) is 7.60. The monoisotopic (exact) mass is 492 g/mol. The fraction of sp³-hybridized carbons (Fsp3) is 0.438. The molecular formula is C16H28ClN3O8P2. The number of hydrogen-bond donors (Lipinski definition) is 8. The zero-order valence-electron chi connectivity index (χ0n) is 20.8. The number of fused-ring (bicyclic) bond motifs is 1. The predicted molar refractivity (Wildman–Crippen MR) is 116 cm³/mol. The highest BCUT2D eigenvalue weighted by Gasteiger charge is 2.06. The van der Waals surface area contributed by atoms with E-state index in [-0.39, 0.29) is 6.04 Å². The summed E-state index contributed by atoms with van der Waals surface area (Å²) in [7, 11) is -9.28. The van der Waals surface area contributed by atoms with Gasteiger partial charge in [0.05, 0.1) is 5.52 Å². The van der Waals surface area contributed by atoms with Gasteiger partial charge in [0.1, 0.15) is 0 Å². The maximum absolute atomic E-state index is 8.88. The van der Waals surface area contributed by atoms with Gasteiger partial charge < -0.3 is 40.0 Å².